The summed E-state index contributed by atoms with van der Waals surface area (Å²) in [5.41, 5.74) is 3.22. The summed E-state index contributed by atoms with van der Waals surface area (Å²) < 4.78 is 7.79. The van der Waals surface area contributed by atoms with E-state index in [4.69, 9.17) is 9.84 Å². The Morgan fingerprint density at radius 1 is 1.13 bits per heavy atom. The molecule has 2 aromatic carbocycles. The second-order valence-corrected chi connectivity index (χ2v) is 8.44. The first-order valence-electron chi connectivity index (χ1n) is 10.9. The van der Waals surface area contributed by atoms with Crippen LogP contribution in [0.2, 0.25) is 0 Å². The highest BCUT2D eigenvalue weighted by molar-refractivity contribution is 5.78. The van der Waals surface area contributed by atoms with Crippen molar-refractivity contribution in [3.63, 3.8) is 0 Å². The monoisotopic (exact) mass is 418 g/mol. The van der Waals surface area contributed by atoms with E-state index in [0.29, 0.717) is 12.5 Å². The molecule has 1 aliphatic rings. The molecule has 4 rings (SSSR count). The van der Waals surface area contributed by atoms with Gasteiger partial charge >= 0.3 is 0 Å². The van der Waals surface area contributed by atoms with Gasteiger partial charge in [-0.15, -0.1) is 0 Å². The average molecular weight is 419 g/mol. The summed E-state index contributed by atoms with van der Waals surface area (Å²) in [6.45, 7) is 6.03. The van der Waals surface area contributed by atoms with Crippen molar-refractivity contribution in [1.82, 2.24) is 20.0 Å². The van der Waals surface area contributed by atoms with Crippen molar-refractivity contribution in [3.8, 4) is 22.8 Å². The van der Waals surface area contributed by atoms with Gasteiger partial charge in [0, 0.05) is 56.0 Å². The third-order valence-electron chi connectivity index (χ3n) is 5.65. The third kappa shape index (κ3) is 5.33. The normalized spacial score (nSPS) is 16.2. The van der Waals surface area contributed by atoms with Crippen LogP contribution >= 0.6 is 0 Å². The van der Waals surface area contributed by atoms with E-state index < -0.39 is 0 Å². The van der Waals surface area contributed by atoms with Gasteiger partial charge in [0.15, 0.2) is 0 Å². The molecule has 1 fully saturated rings. The van der Waals surface area contributed by atoms with Crippen LogP contribution in [0, 0.1) is 0 Å². The number of aromatic nitrogens is 2. The van der Waals surface area contributed by atoms with E-state index in [9.17, 15) is 4.79 Å². The third-order valence-corrected chi connectivity index (χ3v) is 5.65. The van der Waals surface area contributed by atoms with Crippen molar-refractivity contribution in [2.24, 2.45) is 7.05 Å². The molecule has 0 aliphatic carbocycles. The van der Waals surface area contributed by atoms with Gasteiger partial charge in [-0.1, -0.05) is 18.2 Å². The number of hydrogen-bond acceptors (Lipinski definition) is 4. The molecule has 0 radical (unpaired) electrons. The predicted octanol–water partition coefficient (Wildman–Crippen LogP) is 4.37. The lowest BCUT2D eigenvalue weighted by Crippen LogP contribution is -2.41. The maximum atomic E-state index is 11.6. The molecule has 162 valence electrons. The molecule has 0 unspecified atom stereocenters. The molecule has 31 heavy (non-hydrogen) atoms. The number of benzene rings is 2. The summed E-state index contributed by atoms with van der Waals surface area (Å²) in [6.07, 6.45) is 3.63. The Balaban J connectivity index is 1.50. The Labute approximate surface area is 183 Å². The maximum Gasteiger partial charge on any atom is 0.220 e. The molecule has 2 heterocycles. The van der Waals surface area contributed by atoms with E-state index in [1.807, 2.05) is 54.2 Å². The quantitative estimate of drug-likeness (QED) is 0.590. The smallest absolute Gasteiger partial charge is 0.220 e. The van der Waals surface area contributed by atoms with E-state index in [1.165, 1.54) is 5.56 Å². The standard InChI is InChI=1S/C25H30N4O2/c1-18(2)29(17-21-11-14-24(30)26-21)16-20-15-28(3)27-25(20)19-9-12-23(13-10-19)31-22-7-5-4-6-8-22/h4-10,12-13,15,18,21H,11,14,16-17H2,1-3H3,(H,26,30)/t21-/m0/s1. The SMILES string of the molecule is CC(C)N(Cc1cn(C)nc1-c1ccc(Oc2ccccc2)cc1)C[C@@H]1CCC(=O)N1. The summed E-state index contributed by atoms with van der Waals surface area (Å²) in [5.74, 6) is 1.78. The molecule has 3 aromatic rings. The zero-order chi connectivity index (χ0) is 21.8. The van der Waals surface area contributed by atoms with Crippen molar-refractivity contribution < 1.29 is 9.53 Å². The van der Waals surface area contributed by atoms with E-state index in [-0.39, 0.29) is 11.9 Å². The van der Waals surface area contributed by atoms with E-state index in [2.05, 4.69) is 42.4 Å². The minimum atomic E-state index is 0.161. The number of nitrogens with zero attached hydrogens (tertiary/aromatic N) is 3. The van der Waals surface area contributed by atoms with Gasteiger partial charge < -0.3 is 10.1 Å². The van der Waals surface area contributed by atoms with Gasteiger partial charge in [-0.3, -0.25) is 14.4 Å². The fourth-order valence-electron chi connectivity index (χ4n) is 3.98. The van der Waals surface area contributed by atoms with Crippen LogP contribution in [0.4, 0.5) is 0 Å². The maximum absolute atomic E-state index is 11.6. The number of para-hydroxylation sites is 1. The average Bonchev–Trinajstić information content (AvgIpc) is 3.33. The number of nitrogens with one attached hydrogen (secondary N) is 1. The predicted molar refractivity (Wildman–Crippen MR) is 122 cm³/mol. The van der Waals surface area contributed by atoms with Crippen LogP contribution in [-0.4, -0.2) is 39.2 Å². The van der Waals surface area contributed by atoms with Crippen LogP contribution in [0.25, 0.3) is 11.3 Å². The molecule has 1 saturated heterocycles. The Kier molecular flexibility index (Phi) is 6.37. The number of amides is 1. The molecule has 0 saturated carbocycles. The zero-order valence-electron chi connectivity index (χ0n) is 18.4. The fraction of sp³-hybridized carbons (Fsp3) is 0.360. The van der Waals surface area contributed by atoms with Gasteiger partial charge in [0.25, 0.3) is 0 Å². The molecule has 1 amide bonds. The molecule has 1 N–H and O–H groups in total. The molecule has 6 heteroatoms. The Morgan fingerprint density at radius 2 is 1.84 bits per heavy atom. The molecular formula is C25H30N4O2. The summed E-state index contributed by atoms with van der Waals surface area (Å²) >= 11 is 0. The van der Waals surface area contributed by atoms with Crippen LogP contribution in [-0.2, 0) is 18.4 Å². The zero-order valence-corrected chi connectivity index (χ0v) is 18.4. The van der Waals surface area contributed by atoms with Crippen molar-refractivity contribution in [2.45, 2.75) is 45.3 Å². The Morgan fingerprint density at radius 3 is 2.48 bits per heavy atom. The first-order chi connectivity index (χ1) is 15.0. The minimum Gasteiger partial charge on any atom is -0.457 e. The number of aryl methyl sites for hydroxylation is 1. The summed E-state index contributed by atoms with van der Waals surface area (Å²) in [7, 11) is 1.96. The Bertz CT molecular complexity index is 1010. The van der Waals surface area contributed by atoms with Gasteiger partial charge in [0.05, 0.1) is 5.69 Å². The topological polar surface area (TPSA) is 59.4 Å². The van der Waals surface area contributed by atoms with E-state index >= 15 is 0 Å². The highest BCUT2D eigenvalue weighted by Gasteiger charge is 2.25. The van der Waals surface area contributed by atoms with Gasteiger partial charge in [0.1, 0.15) is 11.5 Å². The van der Waals surface area contributed by atoms with Gasteiger partial charge in [0.2, 0.25) is 5.91 Å². The molecular weight excluding hydrogens is 388 g/mol. The Hall–Kier alpha value is -3.12. The van der Waals surface area contributed by atoms with Crippen molar-refractivity contribution in [3.05, 3.63) is 66.4 Å². The lowest BCUT2D eigenvalue weighted by Gasteiger charge is -2.29. The van der Waals surface area contributed by atoms with Crippen molar-refractivity contribution in [1.29, 1.82) is 0 Å². The van der Waals surface area contributed by atoms with Gasteiger partial charge in [-0.05, 0) is 56.7 Å². The van der Waals surface area contributed by atoms with Crippen LogP contribution in [0.5, 0.6) is 11.5 Å². The number of hydrogen-bond donors (Lipinski definition) is 1. The second-order valence-electron chi connectivity index (χ2n) is 8.44. The van der Waals surface area contributed by atoms with Gasteiger partial charge in [-0.2, -0.15) is 5.10 Å². The van der Waals surface area contributed by atoms with Crippen molar-refractivity contribution >= 4 is 5.91 Å². The second kappa shape index (κ2) is 9.35. The minimum absolute atomic E-state index is 0.161. The lowest BCUT2D eigenvalue weighted by molar-refractivity contribution is -0.119. The highest BCUT2D eigenvalue weighted by atomic mass is 16.5. The molecule has 1 aromatic heterocycles. The molecule has 1 atom stereocenters. The molecule has 0 bridgehead atoms. The summed E-state index contributed by atoms with van der Waals surface area (Å²) in [4.78, 5) is 14.0. The van der Waals surface area contributed by atoms with Crippen LogP contribution in [0.15, 0.2) is 60.8 Å². The number of carbonyl (C=O) groups excluding carboxylic acids is 1. The largest absolute Gasteiger partial charge is 0.457 e. The fourth-order valence-corrected chi connectivity index (χ4v) is 3.98. The number of carbonyl (C=O) groups is 1. The summed E-state index contributed by atoms with van der Waals surface area (Å²) in [6, 6.07) is 18.4. The first kappa shape index (κ1) is 21.1. The van der Waals surface area contributed by atoms with Crippen LogP contribution in [0.3, 0.4) is 0 Å². The first-order valence-corrected chi connectivity index (χ1v) is 10.9. The number of ether oxygens (including phenoxy) is 1. The van der Waals surface area contributed by atoms with E-state index in [1.54, 1.807) is 0 Å². The van der Waals surface area contributed by atoms with E-state index in [0.717, 1.165) is 42.3 Å². The van der Waals surface area contributed by atoms with Crippen molar-refractivity contribution in [2.75, 3.05) is 6.54 Å². The van der Waals surface area contributed by atoms with Crippen LogP contribution < -0.4 is 10.1 Å². The highest BCUT2D eigenvalue weighted by Crippen LogP contribution is 2.28. The van der Waals surface area contributed by atoms with Crippen LogP contribution in [0.1, 0.15) is 32.3 Å². The summed E-state index contributed by atoms with van der Waals surface area (Å²) in [5, 5.41) is 7.82. The van der Waals surface area contributed by atoms with Gasteiger partial charge in [-0.25, -0.2) is 0 Å². The molecule has 1 aliphatic heterocycles. The molecule has 6 nitrogen and oxygen atoms in total. The number of rotatable bonds is 8. The molecule has 0 spiro atoms. The lowest BCUT2D eigenvalue weighted by atomic mass is 10.1.